The highest BCUT2D eigenvalue weighted by Crippen LogP contribution is 2.18. The van der Waals surface area contributed by atoms with Crippen LogP contribution in [0.15, 0.2) is 0 Å². The molecule has 1 saturated carbocycles. The van der Waals surface area contributed by atoms with E-state index in [0.29, 0.717) is 18.4 Å². The van der Waals surface area contributed by atoms with Crippen LogP contribution in [0.25, 0.3) is 0 Å². The number of carbonyl (C=O) groups is 2. The molecule has 0 spiro atoms. The van der Waals surface area contributed by atoms with Gasteiger partial charge in [0.15, 0.2) is 0 Å². The van der Waals surface area contributed by atoms with Crippen molar-refractivity contribution in [3.05, 3.63) is 0 Å². The summed E-state index contributed by atoms with van der Waals surface area (Å²) < 4.78 is 0. The van der Waals surface area contributed by atoms with Gasteiger partial charge in [-0.15, -0.1) is 12.4 Å². The quantitative estimate of drug-likeness (QED) is 0.639. The third-order valence-corrected chi connectivity index (χ3v) is 2.43. The van der Waals surface area contributed by atoms with E-state index in [2.05, 4.69) is 10.6 Å². The zero-order chi connectivity index (χ0) is 12.1. The lowest BCUT2D eigenvalue weighted by atomic mass is 10.0. The molecule has 1 aliphatic carbocycles. The number of amides is 2. The maximum atomic E-state index is 11.5. The molecule has 1 fully saturated rings. The van der Waals surface area contributed by atoms with Gasteiger partial charge < -0.3 is 16.4 Å². The van der Waals surface area contributed by atoms with E-state index in [0.717, 1.165) is 12.8 Å². The minimum Gasteiger partial charge on any atom is -0.352 e. The van der Waals surface area contributed by atoms with Gasteiger partial charge in [-0.05, 0) is 25.2 Å². The molecule has 0 unspecified atom stereocenters. The predicted molar refractivity (Wildman–Crippen MR) is 68.9 cm³/mol. The molecular formula is C11H22ClN3O2. The van der Waals surface area contributed by atoms with Gasteiger partial charge in [-0.2, -0.15) is 0 Å². The Bertz CT molecular complexity index is 267. The van der Waals surface area contributed by atoms with Gasteiger partial charge in [0.1, 0.15) is 0 Å². The van der Waals surface area contributed by atoms with E-state index in [4.69, 9.17) is 5.73 Å². The minimum atomic E-state index is -0.520. The molecule has 5 nitrogen and oxygen atoms in total. The Kier molecular flexibility index (Phi) is 7.15. The number of rotatable bonds is 6. The van der Waals surface area contributed by atoms with Crippen LogP contribution in [-0.4, -0.2) is 30.4 Å². The van der Waals surface area contributed by atoms with Crippen molar-refractivity contribution < 1.29 is 9.59 Å². The van der Waals surface area contributed by atoms with E-state index in [1.807, 2.05) is 13.8 Å². The van der Waals surface area contributed by atoms with Gasteiger partial charge in [0.2, 0.25) is 11.8 Å². The standard InChI is InChI=1S/C11H21N3O2.ClH/c1-7(2)5-9(12)11(16)13-6-10(15)14-8-3-4-8;/h7-9H,3-6,12H2,1-2H3,(H,13,16)(H,14,15);1H/t9-;/m0./s1. The van der Waals surface area contributed by atoms with Crippen LogP contribution in [0, 0.1) is 5.92 Å². The lowest BCUT2D eigenvalue weighted by Crippen LogP contribution is -2.45. The fourth-order valence-electron chi connectivity index (χ4n) is 1.42. The summed E-state index contributed by atoms with van der Waals surface area (Å²) in [5.74, 6) is -0.00622. The Morgan fingerprint density at radius 1 is 1.35 bits per heavy atom. The Morgan fingerprint density at radius 3 is 2.41 bits per heavy atom. The SMILES string of the molecule is CC(C)C[C@H](N)C(=O)NCC(=O)NC1CC1.Cl. The summed E-state index contributed by atoms with van der Waals surface area (Å²) in [5.41, 5.74) is 5.67. The van der Waals surface area contributed by atoms with Crippen LogP contribution in [0.5, 0.6) is 0 Å². The molecule has 0 aromatic carbocycles. The van der Waals surface area contributed by atoms with Crippen molar-refractivity contribution in [1.29, 1.82) is 0 Å². The van der Waals surface area contributed by atoms with Crippen molar-refractivity contribution in [3.8, 4) is 0 Å². The largest absolute Gasteiger partial charge is 0.352 e. The molecule has 6 heteroatoms. The molecule has 17 heavy (non-hydrogen) atoms. The van der Waals surface area contributed by atoms with Gasteiger partial charge in [-0.1, -0.05) is 13.8 Å². The van der Waals surface area contributed by atoms with Gasteiger partial charge in [-0.25, -0.2) is 0 Å². The third kappa shape index (κ3) is 7.18. The van der Waals surface area contributed by atoms with Crippen molar-refractivity contribution in [3.63, 3.8) is 0 Å². The van der Waals surface area contributed by atoms with Crippen LogP contribution >= 0.6 is 12.4 Å². The van der Waals surface area contributed by atoms with Crippen LogP contribution in [0.4, 0.5) is 0 Å². The van der Waals surface area contributed by atoms with E-state index in [1.54, 1.807) is 0 Å². The van der Waals surface area contributed by atoms with Gasteiger partial charge in [-0.3, -0.25) is 9.59 Å². The number of carbonyl (C=O) groups excluding carboxylic acids is 2. The number of nitrogens with one attached hydrogen (secondary N) is 2. The first-order chi connectivity index (χ1) is 7.49. The zero-order valence-corrected chi connectivity index (χ0v) is 11.2. The molecule has 0 radical (unpaired) electrons. The molecule has 0 heterocycles. The highest BCUT2D eigenvalue weighted by molar-refractivity contribution is 5.87. The van der Waals surface area contributed by atoms with Crippen molar-refractivity contribution >= 4 is 24.2 Å². The molecular weight excluding hydrogens is 242 g/mol. The third-order valence-electron chi connectivity index (χ3n) is 2.43. The summed E-state index contributed by atoms with van der Waals surface area (Å²) >= 11 is 0. The molecule has 0 aromatic rings. The lowest BCUT2D eigenvalue weighted by Gasteiger charge is -2.13. The van der Waals surface area contributed by atoms with Crippen LogP contribution in [-0.2, 0) is 9.59 Å². The predicted octanol–water partition coefficient (Wildman–Crippen LogP) is 0.176. The molecule has 1 atom stereocenters. The van der Waals surface area contributed by atoms with E-state index < -0.39 is 6.04 Å². The molecule has 4 N–H and O–H groups in total. The van der Waals surface area contributed by atoms with Gasteiger partial charge >= 0.3 is 0 Å². The van der Waals surface area contributed by atoms with Gasteiger partial charge in [0.05, 0.1) is 12.6 Å². The summed E-state index contributed by atoms with van der Waals surface area (Å²) in [6.07, 6.45) is 2.73. The molecule has 0 aliphatic heterocycles. The molecule has 0 saturated heterocycles. The van der Waals surface area contributed by atoms with Crippen molar-refractivity contribution in [1.82, 2.24) is 10.6 Å². The average molecular weight is 264 g/mol. The lowest BCUT2D eigenvalue weighted by molar-refractivity contribution is -0.127. The first-order valence-electron chi connectivity index (χ1n) is 5.81. The first kappa shape index (κ1) is 16.2. The van der Waals surface area contributed by atoms with Crippen LogP contribution < -0.4 is 16.4 Å². The monoisotopic (exact) mass is 263 g/mol. The molecule has 2 amide bonds. The smallest absolute Gasteiger partial charge is 0.239 e. The summed E-state index contributed by atoms with van der Waals surface area (Å²) in [5, 5.41) is 5.34. The van der Waals surface area contributed by atoms with E-state index in [1.165, 1.54) is 0 Å². The molecule has 1 rings (SSSR count). The maximum absolute atomic E-state index is 11.5. The number of hydrogen-bond acceptors (Lipinski definition) is 3. The summed E-state index contributed by atoms with van der Waals surface area (Å²) in [6, 6.07) is -0.192. The van der Waals surface area contributed by atoms with Gasteiger partial charge in [0, 0.05) is 6.04 Å². The second-order valence-corrected chi connectivity index (χ2v) is 4.80. The van der Waals surface area contributed by atoms with E-state index >= 15 is 0 Å². The topological polar surface area (TPSA) is 84.2 Å². The minimum absolute atomic E-state index is 0. The average Bonchev–Trinajstić information content (AvgIpc) is 2.96. The Balaban J connectivity index is 0.00000256. The van der Waals surface area contributed by atoms with Crippen molar-refractivity contribution in [2.75, 3.05) is 6.54 Å². The van der Waals surface area contributed by atoms with E-state index in [-0.39, 0.29) is 30.8 Å². The Hall–Kier alpha value is -0.810. The molecule has 0 bridgehead atoms. The van der Waals surface area contributed by atoms with E-state index in [9.17, 15) is 9.59 Å². The number of nitrogens with two attached hydrogens (primary N) is 1. The fraction of sp³-hybridized carbons (Fsp3) is 0.818. The zero-order valence-electron chi connectivity index (χ0n) is 10.4. The summed E-state index contributed by atoms with van der Waals surface area (Å²) in [6.45, 7) is 4.04. The number of halogens is 1. The number of hydrogen-bond donors (Lipinski definition) is 3. The van der Waals surface area contributed by atoms with Crippen molar-refractivity contribution in [2.45, 2.75) is 45.2 Å². The summed E-state index contributed by atoms with van der Waals surface area (Å²) in [7, 11) is 0. The molecule has 1 aliphatic rings. The van der Waals surface area contributed by atoms with Gasteiger partial charge in [0.25, 0.3) is 0 Å². The second kappa shape index (κ2) is 7.50. The van der Waals surface area contributed by atoms with Crippen LogP contribution in [0.3, 0.4) is 0 Å². The second-order valence-electron chi connectivity index (χ2n) is 4.80. The highest BCUT2D eigenvalue weighted by Gasteiger charge is 2.23. The summed E-state index contributed by atoms with van der Waals surface area (Å²) in [4.78, 5) is 22.7. The fourth-order valence-corrected chi connectivity index (χ4v) is 1.42. The molecule has 100 valence electrons. The first-order valence-corrected chi connectivity index (χ1v) is 5.81. The Labute approximate surface area is 108 Å². The normalized spacial score (nSPS) is 16.0. The van der Waals surface area contributed by atoms with Crippen molar-refractivity contribution in [2.24, 2.45) is 11.7 Å². The van der Waals surface area contributed by atoms with Crippen LogP contribution in [0.2, 0.25) is 0 Å². The van der Waals surface area contributed by atoms with Crippen LogP contribution in [0.1, 0.15) is 33.1 Å². The maximum Gasteiger partial charge on any atom is 0.239 e. The molecule has 0 aromatic heterocycles. The Morgan fingerprint density at radius 2 is 1.94 bits per heavy atom. The highest BCUT2D eigenvalue weighted by atomic mass is 35.5.